The van der Waals surface area contributed by atoms with Crippen LogP contribution in [-0.4, -0.2) is 22.5 Å². The van der Waals surface area contributed by atoms with Gasteiger partial charge in [-0.1, -0.05) is 35.5 Å². The number of benzene rings is 1. The van der Waals surface area contributed by atoms with E-state index >= 15 is 0 Å². The highest BCUT2D eigenvalue weighted by atomic mass is 15.4. The van der Waals surface area contributed by atoms with Gasteiger partial charge in [0, 0.05) is 13.6 Å². The van der Waals surface area contributed by atoms with E-state index in [9.17, 15) is 0 Å². The van der Waals surface area contributed by atoms with Crippen molar-refractivity contribution in [1.29, 1.82) is 0 Å². The summed E-state index contributed by atoms with van der Waals surface area (Å²) in [6.45, 7) is 0.841. The molecule has 4 nitrogen and oxygen atoms in total. The van der Waals surface area contributed by atoms with Gasteiger partial charge >= 0.3 is 0 Å². The predicted molar refractivity (Wildman–Crippen MR) is 54.9 cm³/mol. The quantitative estimate of drug-likeness (QED) is 0.792. The number of aromatic amines is 1. The Labute approximate surface area is 82.6 Å². The van der Waals surface area contributed by atoms with Crippen LogP contribution in [-0.2, 0) is 6.54 Å². The van der Waals surface area contributed by atoms with Crippen LogP contribution in [0.1, 0.15) is 5.56 Å². The summed E-state index contributed by atoms with van der Waals surface area (Å²) in [5, 5.41) is 10.3. The molecule has 1 heterocycles. The Bertz CT molecular complexity index is 368. The summed E-state index contributed by atoms with van der Waals surface area (Å²) in [6, 6.07) is 10.3. The average molecular weight is 188 g/mol. The Morgan fingerprint density at radius 3 is 2.71 bits per heavy atom. The highest BCUT2D eigenvalue weighted by molar-refractivity contribution is 5.34. The number of rotatable bonds is 3. The lowest BCUT2D eigenvalue weighted by Gasteiger charge is -2.14. The number of nitrogens with one attached hydrogen (secondary N) is 1. The Morgan fingerprint density at radius 2 is 2.07 bits per heavy atom. The van der Waals surface area contributed by atoms with Crippen molar-refractivity contribution >= 4 is 5.82 Å². The van der Waals surface area contributed by atoms with Crippen molar-refractivity contribution in [1.82, 2.24) is 15.4 Å². The SMILES string of the molecule is CN(Cc1ccccc1)c1c[nH]nn1. The van der Waals surface area contributed by atoms with Crippen LogP contribution in [0.15, 0.2) is 36.5 Å². The lowest BCUT2D eigenvalue weighted by atomic mass is 10.2. The summed E-state index contributed by atoms with van der Waals surface area (Å²) in [5.74, 6) is 0.855. The maximum atomic E-state index is 3.93. The van der Waals surface area contributed by atoms with Gasteiger partial charge in [0.15, 0.2) is 5.82 Å². The maximum absolute atomic E-state index is 3.93. The molecule has 0 aliphatic carbocycles. The standard InChI is InChI=1S/C10H12N4/c1-14(10-7-11-13-12-10)8-9-5-3-2-4-6-9/h2-7H,8H2,1H3,(H,11,12,13). The lowest BCUT2D eigenvalue weighted by molar-refractivity contribution is 0.873. The molecule has 72 valence electrons. The molecule has 0 saturated heterocycles. The predicted octanol–water partition coefficient (Wildman–Crippen LogP) is 1.44. The number of hydrogen-bond acceptors (Lipinski definition) is 3. The summed E-state index contributed by atoms with van der Waals surface area (Å²) in [7, 11) is 1.99. The zero-order valence-electron chi connectivity index (χ0n) is 8.01. The van der Waals surface area contributed by atoms with Gasteiger partial charge in [0.05, 0.1) is 6.20 Å². The first kappa shape index (κ1) is 8.74. The first-order chi connectivity index (χ1) is 6.86. The van der Waals surface area contributed by atoms with Gasteiger partial charge in [-0.05, 0) is 5.56 Å². The first-order valence-electron chi connectivity index (χ1n) is 4.48. The van der Waals surface area contributed by atoms with Gasteiger partial charge in [0.1, 0.15) is 0 Å². The molecule has 2 rings (SSSR count). The fourth-order valence-corrected chi connectivity index (χ4v) is 1.32. The molecule has 2 aromatic rings. The fourth-order valence-electron chi connectivity index (χ4n) is 1.32. The number of H-pyrrole nitrogens is 1. The molecule has 0 unspecified atom stereocenters. The van der Waals surface area contributed by atoms with E-state index in [0.717, 1.165) is 12.4 Å². The molecule has 0 aliphatic rings. The van der Waals surface area contributed by atoms with E-state index in [1.165, 1.54) is 5.56 Å². The molecule has 0 amide bonds. The van der Waals surface area contributed by atoms with Gasteiger partial charge in [0.25, 0.3) is 0 Å². The van der Waals surface area contributed by atoms with Crippen molar-refractivity contribution in [3.63, 3.8) is 0 Å². The van der Waals surface area contributed by atoms with Crippen molar-refractivity contribution in [2.24, 2.45) is 0 Å². The van der Waals surface area contributed by atoms with E-state index in [1.54, 1.807) is 6.20 Å². The Balaban J connectivity index is 2.06. The Kier molecular flexibility index (Phi) is 2.44. The molecular formula is C10H12N4. The van der Waals surface area contributed by atoms with Crippen LogP contribution >= 0.6 is 0 Å². The van der Waals surface area contributed by atoms with E-state index in [1.807, 2.05) is 30.1 Å². The van der Waals surface area contributed by atoms with Gasteiger partial charge in [0.2, 0.25) is 0 Å². The second-order valence-corrected chi connectivity index (χ2v) is 3.17. The van der Waals surface area contributed by atoms with Crippen molar-refractivity contribution in [3.05, 3.63) is 42.1 Å². The third-order valence-corrected chi connectivity index (χ3v) is 2.06. The van der Waals surface area contributed by atoms with E-state index in [-0.39, 0.29) is 0 Å². The van der Waals surface area contributed by atoms with Crippen molar-refractivity contribution < 1.29 is 0 Å². The molecule has 14 heavy (non-hydrogen) atoms. The molecule has 1 aromatic carbocycles. The summed E-state index contributed by atoms with van der Waals surface area (Å²) >= 11 is 0. The lowest BCUT2D eigenvalue weighted by Crippen LogP contribution is -2.16. The summed E-state index contributed by atoms with van der Waals surface area (Å²) < 4.78 is 0. The van der Waals surface area contributed by atoms with Crippen LogP contribution in [0.25, 0.3) is 0 Å². The van der Waals surface area contributed by atoms with Gasteiger partial charge in [-0.15, -0.1) is 5.10 Å². The molecule has 0 bridgehead atoms. The van der Waals surface area contributed by atoms with Crippen LogP contribution < -0.4 is 4.90 Å². The first-order valence-corrected chi connectivity index (χ1v) is 4.48. The Morgan fingerprint density at radius 1 is 1.29 bits per heavy atom. The molecule has 0 radical (unpaired) electrons. The monoisotopic (exact) mass is 188 g/mol. The molecule has 0 saturated carbocycles. The van der Waals surface area contributed by atoms with Gasteiger partial charge in [-0.3, -0.25) is 5.10 Å². The summed E-state index contributed by atoms with van der Waals surface area (Å²) in [6.07, 6.45) is 1.78. The molecule has 0 spiro atoms. The second kappa shape index (κ2) is 3.91. The molecule has 0 aliphatic heterocycles. The maximum Gasteiger partial charge on any atom is 0.170 e. The fraction of sp³-hybridized carbons (Fsp3) is 0.200. The molecule has 1 N–H and O–H groups in total. The average Bonchev–Trinajstić information content (AvgIpc) is 2.72. The normalized spacial score (nSPS) is 10.1. The smallest absolute Gasteiger partial charge is 0.170 e. The van der Waals surface area contributed by atoms with E-state index in [0.29, 0.717) is 0 Å². The highest BCUT2D eigenvalue weighted by Crippen LogP contribution is 2.09. The van der Waals surface area contributed by atoms with Gasteiger partial charge in [-0.25, -0.2) is 0 Å². The van der Waals surface area contributed by atoms with Crippen molar-refractivity contribution in [2.45, 2.75) is 6.54 Å². The Hall–Kier alpha value is -1.84. The highest BCUT2D eigenvalue weighted by Gasteiger charge is 2.03. The van der Waals surface area contributed by atoms with Crippen LogP contribution in [0, 0.1) is 0 Å². The van der Waals surface area contributed by atoms with Crippen LogP contribution in [0.2, 0.25) is 0 Å². The number of nitrogens with zero attached hydrogens (tertiary/aromatic N) is 3. The zero-order valence-corrected chi connectivity index (χ0v) is 8.01. The number of hydrogen-bond donors (Lipinski definition) is 1. The van der Waals surface area contributed by atoms with E-state index in [2.05, 4.69) is 27.5 Å². The minimum atomic E-state index is 0.841. The van der Waals surface area contributed by atoms with Crippen LogP contribution in [0.3, 0.4) is 0 Å². The van der Waals surface area contributed by atoms with E-state index < -0.39 is 0 Å². The molecular weight excluding hydrogens is 176 g/mol. The topological polar surface area (TPSA) is 44.8 Å². The van der Waals surface area contributed by atoms with Crippen LogP contribution in [0.4, 0.5) is 5.82 Å². The third kappa shape index (κ3) is 1.90. The minimum absolute atomic E-state index is 0.841. The van der Waals surface area contributed by atoms with Gasteiger partial charge in [-0.2, -0.15) is 0 Å². The summed E-state index contributed by atoms with van der Waals surface area (Å²) in [5.41, 5.74) is 1.26. The number of anilines is 1. The second-order valence-electron chi connectivity index (χ2n) is 3.17. The largest absolute Gasteiger partial charge is 0.353 e. The number of aromatic nitrogens is 3. The molecule has 0 fully saturated rings. The molecule has 0 atom stereocenters. The van der Waals surface area contributed by atoms with E-state index in [4.69, 9.17) is 0 Å². The molecule has 1 aromatic heterocycles. The van der Waals surface area contributed by atoms with Crippen LogP contribution in [0.5, 0.6) is 0 Å². The van der Waals surface area contributed by atoms with Gasteiger partial charge < -0.3 is 4.90 Å². The molecule has 4 heteroatoms. The minimum Gasteiger partial charge on any atom is -0.353 e. The van der Waals surface area contributed by atoms with Crippen molar-refractivity contribution in [3.8, 4) is 0 Å². The van der Waals surface area contributed by atoms with Crippen molar-refractivity contribution in [2.75, 3.05) is 11.9 Å². The third-order valence-electron chi connectivity index (χ3n) is 2.06. The zero-order chi connectivity index (χ0) is 9.80. The summed E-state index contributed by atoms with van der Waals surface area (Å²) in [4.78, 5) is 2.04.